The summed E-state index contributed by atoms with van der Waals surface area (Å²) in [5, 5.41) is 0.943. The fraction of sp³-hybridized carbons (Fsp3) is 0.250. The van der Waals surface area contributed by atoms with Crippen molar-refractivity contribution in [3.63, 3.8) is 0 Å². The molecule has 84 valence electrons. The van der Waals surface area contributed by atoms with E-state index in [2.05, 4.69) is 4.98 Å². The molecule has 3 nitrogen and oxygen atoms in total. The van der Waals surface area contributed by atoms with Crippen molar-refractivity contribution in [3.8, 4) is 0 Å². The lowest BCUT2D eigenvalue weighted by atomic mass is 9.94. The Hall–Kier alpha value is -1.48. The van der Waals surface area contributed by atoms with E-state index < -0.39 is 10.8 Å². The first-order chi connectivity index (χ1) is 7.59. The van der Waals surface area contributed by atoms with Crippen LogP contribution in [0.2, 0.25) is 0 Å². The Bertz CT molecular complexity index is 535. The molecule has 1 heterocycles. The fourth-order valence-corrected chi connectivity index (χ4v) is 2.05. The van der Waals surface area contributed by atoms with E-state index in [0.717, 1.165) is 16.5 Å². The van der Waals surface area contributed by atoms with E-state index >= 15 is 0 Å². The molecule has 0 aliphatic rings. The number of nitrogens with one attached hydrogen (secondary N) is 1. The number of fused-ring (bicyclic) bond motifs is 1. The van der Waals surface area contributed by atoms with Crippen LogP contribution in [0.4, 0.5) is 0 Å². The highest BCUT2D eigenvalue weighted by Crippen LogP contribution is 2.36. The average Bonchev–Trinajstić information content (AvgIpc) is 2.72. The molecule has 4 heteroatoms. The summed E-state index contributed by atoms with van der Waals surface area (Å²) in [5.41, 5.74) is 7.08. The normalized spacial score (nSPS) is 14.9. The van der Waals surface area contributed by atoms with Crippen LogP contribution >= 0.6 is 11.6 Å². The highest BCUT2D eigenvalue weighted by molar-refractivity contribution is 6.35. The summed E-state index contributed by atoms with van der Waals surface area (Å²) in [7, 11) is 0. The first kappa shape index (κ1) is 11.0. The molecular formula is C12H13ClN2O. The van der Waals surface area contributed by atoms with Gasteiger partial charge in [0.25, 0.3) is 0 Å². The Labute approximate surface area is 98.6 Å². The number of aromatic nitrogens is 1. The number of benzene rings is 1. The maximum atomic E-state index is 11.5. The number of amides is 1. The van der Waals surface area contributed by atoms with Crippen LogP contribution in [0, 0.1) is 0 Å². The number of carbonyl (C=O) groups is 1. The Balaban J connectivity index is 2.67. The Kier molecular flexibility index (Phi) is 2.64. The van der Waals surface area contributed by atoms with Gasteiger partial charge in [-0.15, -0.1) is 11.6 Å². The predicted molar refractivity (Wildman–Crippen MR) is 65.3 cm³/mol. The average molecular weight is 237 g/mol. The maximum Gasteiger partial charge on any atom is 0.243 e. The fourth-order valence-electron chi connectivity index (χ4n) is 1.90. The van der Waals surface area contributed by atoms with Gasteiger partial charge in [-0.25, -0.2) is 0 Å². The minimum atomic E-state index is -1.13. The molecule has 0 fully saturated rings. The number of para-hydroxylation sites is 1. The second-order valence-electron chi connectivity index (χ2n) is 3.77. The molecule has 3 N–H and O–H groups in total. The molecule has 1 unspecified atom stereocenters. The first-order valence-corrected chi connectivity index (χ1v) is 5.53. The van der Waals surface area contributed by atoms with Crippen molar-refractivity contribution in [2.75, 3.05) is 0 Å². The van der Waals surface area contributed by atoms with Crippen molar-refractivity contribution in [2.24, 2.45) is 5.73 Å². The monoisotopic (exact) mass is 236 g/mol. The molecule has 0 radical (unpaired) electrons. The number of primary amides is 1. The second kappa shape index (κ2) is 3.83. The van der Waals surface area contributed by atoms with Gasteiger partial charge in [-0.3, -0.25) is 4.79 Å². The van der Waals surface area contributed by atoms with Crippen LogP contribution in [0.1, 0.15) is 18.9 Å². The minimum Gasteiger partial charge on any atom is -0.368 e. The van der Waals surface area contributed by atoms with Gasteiger partial charge in [-0.05, 0) is 12.5 Å². The van der Waals surface area contributed by atoms with Gasteiger partial charge in [0.15, 0.2) is 0 Å². The minimum absolute atomic E-state index is 0.464. The SMILES string of the molecule is CCC(Cl)(C(N)=O)c1c[nH]c2ccccc12. The third kappa shape index (κ3) is 1.48. The van der Waals surface area contributed by atoms with Gasteiger partial charge in [0.1, 0.15) is 4.87 Å². The highest BCUT2D eigenvalue weighted by atomic mass is 35.5. The van der Waals surface area contributed by atoms with Crippen molar-refractivity contribution in [1.29, 1.82) is 0 Å². The van der Waals surface area contributed by atoms with Crippen LogP contribution in [0.15, 0.2) is 30.5 Å². The van der Waals surface area contributed by atoms with Crippen molar-refractivity contribution in [3.05, 3.63) is 36.0 Å². The van der Waals surface area contributed by atoms with Gasteiger partial charge in [0.2, 0.25) is 5.91 Å². The highest BCUT2D eigenvalue weighted by Gasteiger charge is 2.36. The van der Waals surface area contributed by atoms with Crippen molar-refractivity contribution in [1.82, 2.24) is 4.98 Å². The summed E-state index contributed by atoms with van der Waals surface area (Å²) in [6.07, 6.45) is 2.22. The molecule has 1 amide bonds. The lowest BCUT2D eigenvalue weighted by molar-refractivity contribution is -0.120. The van der Waals surface area contributed by atoms with Crippen molar-refractivity contribution in [2.45, 2.75) is 18.2 Å². The number of alkyl halides is 1. The molecule has 1 aromatic carbocycles. The van der Waals surface area contributed by atoms with E-state index in [4.69, 9.17) is 17.3 Å². The lowest BCUT2D eigenvalue weighted by Gasteiger charge is -2.21. The number of aromatic amines is 1. The summed E-state index contributed by atoms with van der Waals surface area (Å²) in [6.45, 7) is 1.85. The van der Waals surface area contributed by atoms with E-state index in [1.807, 2.05) is 31.2 Å². The zero-order valence-corrected chi connectivity index (χ0v) is 9.71. The van der Waals surface area contributed by atoms with Gasteiger partial charge in [0, 0.05) is 22.7 Å². The van der Waals surface area contributed by atoms with E-state index in [-0.39, 0.29) is 0 Å². The first-order valence-electron chi connectivity index (χ1n) is 5.15. The number of hydrogen-bond donors (Lipinski definition) is 2. The number of rotatable bonds is 3. The van der Waals surface area contributed by atoms with Gasteiger partial charge < -0.3 is 10.7 Å². The number of nitrogens with two attached hydrogens (primary N) is 1. The van der Waals surface area contributed by atoms with Gasteiger partial charge in [0.05, 0.1) is 0 Å². The number of hydrogen-bond acceptors (Lipinski definition) is 1. The lowest BCUT2D eigenvalue weighted by Crippen LogP contribution is -2.35. The largest absolute Gasteiger partial charge is 0.368 e. The van der Waals surface area contributed by atoms with Crippen LogP contribution in [0.3, 0.4) is 0 Å². The molecule has 0 spiro atoms. The molecular weight excluding hydrogens is 224 g/mol. The van der Waals surface area contributed by atoms with Crippen LogP contribution in [0.5, 0.6) is 0 Å². The van der Waals surface area contributed by atoms with Gasteiger partial charge in [-0.2, -0.15) is 0 Å². The molecule has 2 aromatic rings. The third-order valence-corrected chi connectivity index (χ3v) is 3.55. The molecule has 0 saturated heterocycles. The van der Waals surface area contributed by atoms with Crippen LogP contribution < -0.4 is 5.73 Å². The number of carbonyl (C=O) groups excluding carboxylic acids is 1. The molecule has 2 rings (SSSR count). The van der Waals surface area contributed by atoms with Crippen molar-refractivity contribution >= 4 is 28.4 Å². The quantitative estimate of drug-likeness (QED) is 0.791. The Morgan fingerprint density at radius 2 is 2.19 bits per heavy atom. The Morgan fingerprint density at radius 1 is 1.50 bits per heavy atom. The zero-order valence-electron chi connectivity index (χ0n) is 8.96. The van der Waals surface area contributed by atoms with Gasteiger partial charge >= 0.3 is 0 Å². The van der Waals surface area contributed by atoms with Crippen molar-refractivity contribution < 1.29 is 4.79 Å². The van der Waals surface area contributed by atoms with E-state index in [1.165, 1.54) is 0 Å². The van der Waals surface area contributed by atoms with Crippen LogP contribution in [-0.2, 0) is 9.67 Å². The van der Waals surface area contributed by atoms with Gasteiger partial charge in [-0.1, -0.05) is 25.1 Å². The smallest absolute Gasteiger partial charge is 0.243 e. The summed E-state index contributed by atoms with van der Waals surface area (Å²) in [6, 6.07) is 7.70. The van der Waals surface area contributed by atoms with E-state index in [9.17, 15) is 4.79 Å². The molecule has 16 heavy (non-hydrogen) atoms. The predicted octanol–water partition coefficient (Wildman–Crippen LogP) is 2.50. The zero-order chi connectivity index (χ0) is 11.8. The maximum absolute atomic E-state index is 11.5. The molecule has 0 saturated carbocycles. The third-order valence-electron chi connectivity index (χ3n) is 2.89. The molecule has 1 atom stereocenters. The summed E-state index contributed by atoms with van der Waals surface area (Å²) in [5.74, 6) is -0.513. The summed E-state index contributed by atoms with van der Waals surface area (Å²) < 4.78 is 0. The summed E-state index contributed by atoms with van der Waals surface area (Å²) in [4.78, 5) is 13.4. The van der Waals surface area contributed by atoms with E-state index in [1.54, 1.807) is 6.20 Å². The Morgan fingerprint density at radius 3 is 2.81 bits per heavy atom. The number of H-pyrrole nitrogens is 1. The second-order valence-corrected chi connectivity index (χ2v) is 4.41. The van der Waals surface area contributed by atoms with Crippen LogP contribution in [-0.4, -0.2) is 10.9 Å². The summed E-state index contributed by atoms with van der Waals surface area (Å²) >= 11 is 6.31. The number of halogens is 1. The van der Waals surface area contributed by atoms with E-state index in [0.29, 0.717) is 6.42 Å². The molecule has 0 aliphatic heterocycles. The molecule has 0 bridgehead atoms. The topological polar surface area (TPSA) is 58.9 Å². The van der Waals surface area contributed by atoms with Crippen LogP contribution in [0.25, 0.3) is 10.9 Å². The standard InChI is InChI=1S/C12H13ClN2O/c1-2-12(13,11(14)16)9-7-15-10-6-4-3-5-8(9)10/h3-7,15H,2H2,1H3,(H2,14,16). The molecule has 0 aliphatic carbocycles. The molecule has 1 aromatic heterocycles.